The van der Waals surface area contributed by atoms with Crippen molar-refractivity contribution >= 4 is 15.9 Å². The molecular weight excluding hydrogens is 285 g/mol. The Morgan fingerprint density at radius 2 is 2.24 bits per heavy atom. The van der Waals surface area contributed by atoms with E-state index in [-0.39, 0.29) is 17.3 Å². The lowest BCUT2D eigenvalue weighted by molar-refractivity contribution is -0.0729. The van der Waals surface area contributed by atoms with Crippen LogP contribution in [0.2, 0.25) is 0 Å². The van der Waals surface area contributed by atoms with Gasteiger partial charge in [-0.15, -0.1) is 0 Å². The van der Waals surface area contributed by atoms with E-state index in [1.165, 1.54) is 6.07 Å². The summed E-state index contributed by atoms with van der Waals surface area (Å²) in [5.74, 6) is -0.239. The SMILES string of the molecule is CC1(C)C(O)CC1NCc1ccc(Br)c(F)c1. The van der Waals surface area contributed by atoms with E-state index in [1.807, 2.05) is 19.9 Å². The standard InChI is InChI=1S/C13H17BrFNO/c1-13(2)11(6-12(13)17)16-7-8-3-4-9(14)10(15)5-8/h3-5,11-12,16-17H,6-7H2,1-2H3. The van der Waals surface area contributed by atoms with Crippen molar-refractivity contribution in [2.45, 2.75) is 39.0 Å². The Morgan fingerprint density at radius 1 is 1.53 bits per heavy atom. The summed E-state index contributed by atoms with van der Waals surface area (Å²) < 4.78 is 13.8. The first-order valence-corrected chi connectivity index (χ1v) is 6.56. The molecule has 4 heteroatoms. The topological polar surface area (TPSA) is 32.3 Å². The lowest BCUT2D eigenvalue weighted by Crippen LogP contribution is -2.59. The Labute approximate surface area is 109 Å². The Kier molecular flexibility index (Phi) is 3.57. The molecule has 1 fully saturated rings. The molecule has 1 saturated carbocycles. The quantitative estimate of drug-likeness (QED) is 0.900. The predicted octanol–water partition coefficient (Wildman–Crippen LogP) is 2.84. The molecule has 2 unspecified atom stereocenters. The van der Waals surface area contributed by atoms with E-state index in [4.69, 9.17) is 0 Å². The molecule has 2 nitrogen and oxygen atoms in total. The van der Waals surface area contributed by atoms with Crippen molar-refractivity contribution in [3.05, 3.63) is 34.1 Å². The highest BCUT2D eigenvalue weighted by atomic mass is 79.9. The summed E-state index contributed by atoms with van der Waals surface area (Å²) in [6, 6.07) is 5.43. The van der Waals surface area contributed by atoms with Gasteiger partial charge in [-0.1, -0.05) is 19.9 Å². The lowest BCUT2D eigenvalue weighted by atomic mass is 9.64. The van der Waals surface area contributed by atoms with Crippen molar-refractivity contribution in [1.82, 2.24) is 5.32 Å². The summed E-state index contributed by atoms with van der Waals surface area (Å²) in [5, 5.41) is 13.0. The molecule has 17 heavy (non-hydrogen) atoms. The van der Waals surface area contributed by atoms with Crippen molar-refractivity contribution in [2.24, 2.45) is 5.41 Å². The van der Waals surface area contributed by atoms with E-state index >= 15 is 0 Å². The van der Waals surface area contributed by atoms with Gasteiger partial charge in [0.15, 0.2) is 0 Å². The fourth-order valence-corrected chi connectivity index (χ4v) is 2.39. The van der Waals surface area contributed by atoms with Gasteiger partial charge >= 0.3 is 0 Å². The van der Waals surface area contributed by atoms with Gasteiger partial charge in [-0.3, -0.25) is 0 Å². The fourth-order valence-electron chi connectivity index (χ4n) is 2.14. The zero-order chi connectivity index (χ0) is 12.6. The Morgan fingerprint density at radius 3 is 2.76 bits per heavy atom. The maximum atomic E-state index is 13.3. The molecule has 2 rings (SSSR count). The van der Waals surface area contributed by atoms with Crippen LogP contribution in [0.4, 0.5) is 4.39 Å². The number of aliphatic hydroxyl groups excluding tert-OH is 1. The van der Waals surface area contributed by atoms with Gasteiger partial charge in [-0.2, -0.15) is 0 Å². The molecule has 0 radical (unpaired) electrons. The zero-order valence-corrected chi connectivity index (χ0v) is 11.6. The molecular formula is C13H17BrFNO. The molecule has 0 saturated heterocycles. The maximum Gasteiger partial charge on any atom is 0.137 e. The van der Waals surface area contributed by atoms with Crippen LogP contribution >= 0.6 is 15.9 Å². The molecule has 0 bridgehead atoms. The number of halogens is 2. The van der Waals surface area contributed by atoms with Crippen LogP contribution in [0.1, 0.15) is 25.8 Å². The van der Waals surface area contributed by atoms with Crippen molar-refractivity contribution in [3.8, 4) is 0 Å². The van der Waals surface area contributed by atoms with E-state index in [0.29, 0.717) is 17.1 Å². The minimum atomic E-state index is -0.239. The van der Waals surface area contributed by atoms with Gasteiger partial charge in [-0.05, 0) is 40.0 Å². The summed E-state index contributed by atoms with van der Waals surface area (Å²) in [6.07, 6.45) is 0.535. The minimum Gasteiger partial charge on any atom is -0.392 e. The van der Waals surface area contributed by atoms with Crippen LogP contribution in [-0.4, -0.2) is 17.3 Å². The highest BCUT2D eigenvalue weighted by molar-refractivity contribution is 9.10. The second-order valence-corrected chi connectivity index (χ2v) is 6.11. The van der Waals surface area contributed by atoms with Gasteiger partial charge in [0.25, 0.3) is 0 Å². The third-order valence-electron chi connectivity index (χ3n) is 3.75. The van der Waals surface area contributed by atoms with Gasteiger partial charge in [0.1, 0.15) is 5.82 Å². The number of hydrogen-bond acceptors (Lipinski definition) is 2. The third kappa shape index (κ3) is 2.54. The zero-order valence-electron chi connectivity index (χ0n) is 10.0. The summed E-state index contributed by atoms with van der Waals surface area (Å²) in [6.45, 7) is 4.72. The summed E-state index contributed by atoms with van der Waals surface area (Å²) in [5.41, 5.74) is 0.830. The van der Waals surface area contributed by atoms with Crippen LogP contribution in [0.15, 0.2) is 22.7 Å². The van der Waals surface area contributed by atoms with E-state index in [2.05, 4.69) is 21.2 Å². The second-order valence-electron chi connectivity index (χ2n) is 5.25. The molecule has 1 aliphatic carbocycles. The van der Waals surface area contributed by atoms with Crippen molar-refractivity contribution in [1.29, 1.82) is 0 Å². The van der Waals surface area contributed by atoms with E-state index in [9.17, 15) is 9.50 Å². The molecule has 0 aliphatic heterocycles. The highest BCUT2D eigenvalue weighted by Crippen LogP contribution is 2.40. The number of rotatable bonds is 3. The monoisotopic (exact) mass is 301 g/mol. The molecule has 0 heterocycles. The summed E-state index contributed by atoms with van der Waals surface area (Å²) in [7, 11) is 0. The normalized spacial score (nSPS) is 26.6. The van der Waals surface area contributed by atoms with Gasteiger partial charge in [0, 0.05) is 18.0 Å². The van der Waals surface area contributed by atoms with Crippen molar-refractivity contribution < 1.29 is 9.50 Å². The summed E-state index contributed by atoms with van der Waals surface area (Å²) in [4.78, 5) is 0. The van der Waals surface area contributed by atoms with Crippen molar-refractivity contribution in [2.75, 3.05) is 0 Å². The number of hydrogen-bond donors (Lipinski definition) is 2. The minimum absolute atomic E-state index is 0.0894. The molecule has 0 amide bonds. The number of nitrogens with one attached hydrogen (secondary N) is 1. The number of benzene rings is 1. The van der Waals surface area contributed by atoms with Crippen LogP contribution in [0.25, 0.3) is 0 Å². The van der Waals surface area contributed by atoms with Gasteiger partial charge in [0.05, 0.1) is 10.6 Å². The number of aliphatic hydroxyl groups is 1. The first-order chi connectivity index (χ1) is 7.91. The van der Waals surface area contributed by atoms with E-state index < -0.39 is 0 Å². The predicted molar refractivity (Wildman–Crippen MR) is 69.1 cm³/mol. The molecule has 0 spiro atoms. The van der Waals surface area contributed by atoms with Crippen LogP contribution in [0.5, 0.6) is 0 Å². The first kappa shape index (κ1) is 13.0. The molecule has 94 valence electrons. The fraction of sp³-hybridized carbons (Fsp3) is 0.538. The van der Waals surface area contributed by atoms with Crippen LogP contribution < -0.4 is 5.32 Å². The van der Waals surface area contributed by atoms with Crippen LogP contribution in [-0.2, 0) is 6.54 Å². The molecule has 1 aliphatic rings. The maximum absolute atomic E-state index is 13.3. The molecule has 1 aromatic carbocycles. The Bertz CT molecular complexity index is 422. The third-order valence-corrected chi connectivity index (χ3v) is 4.40. The molecule has 0 aromatic heterocycles. The highest BCUT2D eigenvalue weighted by Gasteiger charge is 2.46. The van der Waals surface area contributed by atoms with E-state index in [1.54, 1.807) is 6.07 Å². The van der Waals surface area contributed by atoms with E-state index in [0.717, 1.165) is 12.0 Å². The summed E-state index contributed by atoms with van der Waals surface area (Å²) >= 11 is 3.13. The van der Waals surface area contributed by atoms with Gasteiger partial charge < -0.3 is 10.4 Å². The average Bonchev–Trinajstić information content (AvgIpc) is 2.28. The molecule has 1 aromatic rings. The first-order valence-electron chi connectivity index (χ1n) is 5.76. The Balaban J connectivity index is 1.93. The second kappa shape index (κ2) is 4.67. The Hall–Kier alpha value is -0.450. The van der Waals surface area contributed by atoms with Gasteiger partial charge in [-0.25, -0.2) is 4.39 Å². The largest absolute Gasteiger partial charge is 0.392 e. The molecule has 2 atom stereocenters. The lowest BCUT2D eigenvalue weighted by Gasteiger charge is -2.49. The molecule has 2 N–H and O–H groups in total. The van der Waals surface area contributed by atoms with Crippen LogP contribution in [0.3, 0.4) is 0 Å². The smallest absolute Gasteiger partial charge is 0.137 e. The van der Waals surface area contributed by atoms with Crippen molar-refractivity contribution in [3.63, 3.8) is 0 Å². The average molecular weight is 302 g/mol. The van der Waals surface area contributed by atoms with Crippen LogP contribution in [0, 0.1) is 11.2 Å². The van der Waals surface area contributed by atoms with Gasteiger partial charge in [0.2, 0.25) is 0 Å².